The summed E-state index contributed by atoms with van der Waals surface area (Å²) in [6.45, 7) is 0.337. The summed E-state index contributed by atoms with van der Waals surface area (Å²) in [5, 5.41) is 22.6. The predicted molar refractivity (Wildman–Crippen MR) is 136 cm³/mol. The van der Waals surface area contributed by atoms with E-state index in [4.69, 9.17) is 44.1 Å². The number of rotatable bonds is 7. The second kappa shape index (κ2) is 10.2. The molecule has 0 unspecified atom stereocenters. The van der Waals surface area contributed by atoms with E-state index < -0.39 is 24.5 Å². The van der Waals surface area contributed by atoms with E-state index in [2.05, 4.69) is 15.0 Å². The van der Waals surface area contributed by atoms with Gasteiger partial charge in [-0.3, -0.25) is 4.57 Å². The standard InChI is InChI=1S/C24H24Cl2N6O4/c25-14-5-1-12(2-6-14)16(13-3-7-15(26)8-4-13)9-35-10-17-19(33)20(34)23(36-17)32-11-29-18-21(27)30-24(28)31-22(18)32/h1-8,11,16-17,19-20,23,33-34H,9-10H2,(H4,27,28,30,31)/t17-,19-,20-,23-/m1/s1. The molecule has 36 heavy (non-hydrogen) atoms. The molecule has 10 nitrogen and oxygen atoms in total. The highest BCUT2D eigenvalue weighted by Gasteiger charge is 2.44. The van der Waals surface area contributed by atoms with Crippen LogP contribution in [0.3, 0.4) is 0 Å². The smallest absolute Gasteiger partial charge is 0.224 e. The first kappa shape index (κ1) is 24.7. The van der Waals surface area contributed by atoms with Crippen LogP contribution in [0.5, 0.6) is 0 Å². The molecule has 0 amide bonds. The molecule has 6 N–H and O–H groups in total. The van der Waals surface area contributed by atoms with Crippen molar-refractivity contribution >= 4 is 46.1 Å². The van der Waals surface area contributed by atoms with Crippen molar-refractivity contribution in [1.29, 1.82) is 0 Å². The zero-order valence-electron chi connectivity index (χ0n) is 18.9. The second-order valence-electron chi connectivity index (χ2n) is 8.53. The number of nitrogen functional groups attached to an aromatic ring is 2. The number of aliphatic hydroxyl groups excluding tert-OH is 2. The van der Waals surface area contributed by atoms with Crippen LogP contribution in [0.25, 0.3) is 11.2 Å². The number of nitrogens with two attached hydrogens (primary N) is 2. The van der Waals surface area contributed by atoms with E-state index in [-0.39, 0.29) is 24.3 Å². The number of benzene rings is 2. The molecule has 3 heterocycles. The van der Waals surface area contributed by atoms with Crippen molar-refractivity contribution in [2.75, 3.05) is 24.7 Å². The molecule has 4 atom stereocenters. The third-order valence-electron chi connectivity index (χ3n) is 6.19. The van der Waals surface area contributed by atoms with Gasteiger partial charge >= 0.3 is 0 Å². The zero-order chi connectivity index (χ0) is 25.4. The Morgan fingerprint density at radius 1 is 0.944 bits per heavy atom. The van der Waals surface area contributed by atoms with Gasteiger partial charge in [0.1, 0.15) is 23.8 Å². The lowest BCUT2D eigenvalue weighted by atomic mass is 9.92. The van der Waals surface area contributed by atoms with Crippen molar-refractivity contribution in [1.82, 2.24) is 19.5 Å². The number of imidazole rings is 1. The molecule has 0 saturated carbocycles. The Kier molecular flexibility index (Phi) is 6.98. The highest BCUT2D eigenvalue weighted by atomic mass is 35.5. The molecule has 4 aromatic rings. The van der Waals surface area contributed by atoms with Gasteiger partial charge in [0.25, 0.3) is 0 Å². The molecule has 2 aromatic carbocycles. The summed E-state index contributed by atoms with van der Waals surface area (Å²) in [6, 6.07) is 15.0. The van der Waals surface area contributed by atoms with Gasteiger partial charge in [0.2, 0.25) is 5.95 Å². The van der Waals surface area contributed by atoms with Gasteiger partial charge in [0.15, 0.2) is 17.7 Å². The van der Waals surface area contributed by atoms with Crippen molar-refractivity contribution in [3.63, 3.8) is 0 Å². The van der Waals surface area contributed by atoms with Crippen molar-refractivity contribution in [3.8, 4) is 0 Å². The van der Waals surface area contributed by atoms with Gasteiger partial charge in [-0.25, -0.2) is 4.98 Å². The fourth-order valence-electron chi connectivity index (χ4n) is 4.32. The maximum atomic E-state index is 10.7. The molecule has 1 aliphatic heterocycles. The highest BCUT2D eigenvalue weighted by Crippen LogP contribution is 2.33. The number of hydrogen-bond acceptors (Lipinski definition) is 9. The van der Waals surface area contributed by atoms with E-state index >= 15 is 0 Å². The van der Waals surface area contributed by atoms with E-state index in [9.17, 15) is 10.2 Å². The van der Waals surface area contributed by atoms with Crippen LogP contribution in [-0.4, -0.2) is 61.3 Å². The Balaban J connectivity index is 1.31. The van der Waals surface area contributed by atoms with Crippen LogP contribution in [-0.2, 0) is 9.47 Å². The minimum Gasteiger partial charge on any atom is -0.387 e. The van der Waals surface area contributed by atoms with Crippen LogP contribution < -0.4 is 11.5 Å². The van der Waals surface area contributed by atoms with Gasteiger partial charge in [-0.05, 0) is 35.4 Å². The van der Waals surface area contributed by atoms with Crippen LogP contribution >= 0.6 is 23.2 Å². The van der Waals surface area contributed by atoms with Gasteiger partial charge in [0.05, 0.1) is 19.5 Å². The molecule has 0 aliphatic carbocycles. The van der Waals surface area contributed by atoms with Crippen LogP contribution in [0.15, 0.2) is 54.9 Å². The summed E-state index contributed by atoms with van der Waals surface area (Å²) in [4.78, 5) is 12.2. The molecule has 0 radical (unpaired) electrons. The first-order valence-corrected chi connectivity index (χ1v) is 11.9. The van der Waals surface area contributed by atoms with Crippen molar-refractivity contribution in [2.24, 2.45) is 0 Å². The number of hydrogen-bond donors (Lipinski definition) is 4. The van der Waals surface area contributed by atoms with Gasteiger partial charge < -0.3 is 31.2 Å². The predicted octanol–water partition coefficient (Wildman–Crippen LogP) is 2.77. The molecule has 2 aromatic heterocycles. The Morgan fingerprint density at radius 2 is 1.56 bits per heavy atom. The number of halogens is 2. The van der Waals surface area contributed by atoms with E-state index in [0.29, 0.717) is 27.8 Å². The SMILES string of the molecule is Nc1nc(N)c2ncn([C@@H]3O[C@H](COCC(c4ccc(Cl)cc4)c4ccc(Cl)cc4)[C@@H](O)[C@H]3O)c2n1. The van der Waals surface area contributed by atoms with Gasteiger partial charge in [0, 0.05) is 16.0 Å². The van der Waals surface area contributed by atoms with E-state index in [0.717, 1.165) is 11.1 Å². The highest BCUT2D eigenvalue weighted by molar-refractivity contribution is 6.30. The van der Waals surface area contributed by atoms with Crippen molar-refractivity contribution < 1.29 is 19.7 Å². The number of anilines is 2. The van der Waals surface area contributed by atoms with Crippen LogP contribution in [0.1, 0.15) is 23.3 Å². The topological polar surface area (TPSA) is 155 Å². The second-order valence-corrected chi connectivity index (χ2v) is 9.40. The zero-order valence-corrected chi connectivity index (χ0v) is 20.4. The van der Waals surface area contributed by atoms with Crippen LogP contribution in [0.2, 0.25) is 10.0 Å². The number of ether oxygens (including phenoxy) is 2. The maximum Gasteiger partial charge on any atom is 0.224 e. The number of nitrogens with zero attached hydrogens (tertiary/aromatic N) is 4. The molecule has 0 spiro atoms. The minimum absolute atomic E-state index is 0.0369. The monoisotopic (exact) mass is 530 g/mol. The first-order valence-electron chi connectivity index (χ1n) is 11.2. The van der Waals surface area contributed by atoms with Gasteiger partial charge in [-0.15, -0.1) is 0 Å². The number of aliphatic hydroxyl groups is 2. The van der Waals surface area contributed by atoms with Crippen LogP contribution in [0.4, 0.5) is 11.8 Å². The lowest BCUT2D eigenvalue weighted by Crippen LogP contribution is -2.34. The summed E-state index contributed by atoms with van der Waals surface area (Å²) in [5.41, 5.74) is 14.2. The van der Waals surface area contributed by atoms with Gasteiger partial charge in [-0.1, -0.05) is 47.5 Å². The summed E-state index contributed by atoms with van der Waals surface area (Å²) >= 11 is 12.1. The third kappa shape index (κ3) is 4.83. The Hall–Kier alpha value is -2.99. The van der Waals surface area contributed by atoms with Crippen molar-refractivity contribution in [2.45, 2.75) is 30.5 Å². The van der Waals surface area contributed by atoms with Crippen LogP contribution in [0, 0.1) is 0 Å². The Bertz CT molecular complexity index is 1310. The molecule has 12 heteroatoms. The Morgan fingerprint density at radius 3 is 2.17 bits per heavy atom. The summed E-state index contributed by atoms with van der Waals surface area (Å²) in [6.07, 6.45) is -2.80. The molecule has 1 fully saturated rings. The molecular formula is C24H24Cl2N6O4. The fourth-order valence-corrected chi connectivity index (χ4v) is 4.57. The first-order chi connectivity index (χ1) is 17.3. The molecule has 188 valence electrons. The van der Waals surface area contributed by atoms with Gasteiger partial charge in [-0.2, -0.15) is 9.97 Å². The van der Waals surface area contributed by atoms with E-state index in [1.807, 2.05) is 48.5 Å². The summed E-state index contributed by atoms with van der Waals surface area (Å²) in [7, 11) is 0. The minimum atomic E-state index is -1.25. The lowest BCUT2D eigenvalue weighted by Gasteiger charge is -2.21. The third-order valence-corrected chi connectivity index (χ3v) is 6.69. The molecule has 1 saturated heterocycles. The Labute approximate surface area is 216 Å². The average Bonchev–Trinajstić information content (AvgIpc) is 3.39. The number of fused-ring (bicyclic) bond motifs is 1. The van der Waals surface area contributed by atoms with E-state index in [1.54, 1.807) is 0 Å². The average molecular weight is 531 g/mol. The lowest BCUT2D eigenvalue weighted by molar-refractivity contribution is -0.0661. The maximum absolute atomic E-state index is 10.7. The normalized spacial score (nSPS) is 22.0. The molecule has 0 bridgehead atoms. The summed E-state index contributed by atoms with van der Waals surface area (Å²) in [5.74, 6) is -0.0382. The number of aromatic nitrogens is 4. The van der Waals surface area contributed by atoms with E-state index in [1.165, 1.54) is 10.9 Å². The quantitative estimate of drug-likeness (QED) is 0.282. The molecular weight excluding hydrogens is 507 g/mol. The molecule has 1 aliphatic rings. The fraction of sp³-hybridized carbons (Fsp3) is 0.292. The molecule has 5 rings (SSSR count). The summed E-state index contributed by atoms with van der Waals surface area (Å²) < 4.78 is 13.4. The largest absolute Gasteiger partial charge is 0.387 e. The van der Waals surface area contributed by atoms with Crippen molar-refractivity contribution in [3.05, 3.63) is 76.0 Å².